The molecule has 0 aliphatic heterocycles. The maximum atomic E-state index is 11.8. The first kappa shape index (κ1) is 16.5. The van der Waals surface area contributed by atoms with Crippen molar-refractivity contribution >= 4 is 29.1 Å². The van der Waals surface area contributed by atoms with Crippen molar-refractivity contribution in [2.24, 2.45) is 0 Å². The van der Waals surface area contributed by atoms with E-state index < -0.39 is 11.8 Å². The minimum atomic E-state index is -0.771. The number of aliphatic hydroxyl groups excluding tert-OH is 1. The summed E-state index contributed by atoms with van der Waals surface area (Å²) in [6.45, 7) is 3.71. The molecule has 0 heterocycles. The van der Waals surface area contributed by atoms with Crippen LogP contribution >= 0.6 is 11.6 Å². The van der Waals surface area contributed by atoms with E-state index in [9.17, 15) is 9.59 Å². The van der Waals surface area contributed by atoms with Crippen LogP contribution in [0.15, 0.2) is 18.2 Å². The first-order chi connectivity index (χ1) is 9.47. The molecule has 110 valence electrons. The lowest BCUT2D eigenvalue weighted by Crippen LogP contribution is -2.42. The average Bonchev–Trinajstić information content (AvgIpc) is 2.41. The fraction of sp³-hybridized carbons (Fsp3) is 0.429. The van der Waals surface area contributed by atoms with Crippen LogP contribution < -0.4 is 10.6 Å². The predicted octanol–water partition coefficient (Wildman–Crippen LogP) is 1.86. The van der Waals surface area contributed by atoms with E-state index in [0.717, 1.165) is 5.56 Å². The normalized spacial score (nSPS) is 11.8. The summed E-state index contributed by atoms with van der Waals surface area (Å²) in [6, 6.07) is 4.93. The fourth-order valence-electron chi connectivity index (χ4n) is 1.69. The second-order valence-corrected chi connectivity index (χ2v) is 4.94. The van der Waals surface area contributed by atoms with Crippen LogP contribution in [0, 0.1) is 6.92 Å². The Morgan fingerprint density at radius 2 is 2.05 bits per heavy atom. The summed E-state index contributed by atoms with van der Waals surface area (Å²) in [7, 11) is 0. The lowest BCUT2D eigenvalue weighted by molar-refractivity contribution is -0.136. The number of anilines is 1. The van der Waals surface area contributed by atoms with Gasteiger partial charge in [-0.15, -0.1) is 0 Å². The van der Waals surface area contributed by atoms with Gasteiger partial charge in [0, 0.05) is 12.6 Å². The van der Waals surface area contributed by atoms with E-state index in [-0.39, 0.29) is 12.6 Å². The summed E-state index contributed by atoms with van der Waals surface area (Å²) in [5, 5.41) is 14.3. The van der Waals surface area contributed by atoms with E-state index in [4.69, 9.17) is 16.7 Å². The number of benzene rings is 1. The van der Waals surface area contributed by atoms with Crippen LogP contribution in [0.2, 0.25) is 5.02 Å². The second kappa shape index (κ2) is 7.87. The minimum absolute atomic E-state index is 0.0375. The zero-order valence-electron chi connectivity index (χ0n) is 11.6. The zero-order valence-corrected chi connectivity index (χ0v) is 12.3. The van der Waals surface area contributed by atoms with E-state index >= 15 is 0 Å². The van der Waals surface area contributed by atoms with Crippen molar-refractivity contribution in [2.45, 2.75) is 32.7 Å². The van der Waals surface area contributed by atoms with E-state index in [1.807, 2.05) is 13.8 Å². The maximum Gasteiger partial charge on any atom is 0.313 e. The lowest BCUT2D eigenvalue weighted by Gasteiger charge is -2.15. The molecule has 0 aliphatic carbocycles. The maximum absolute atomic E-state index is 11.8. The Morgan fingerprint density at radius 1 is 1.35 bits per heavy atom. The molecule has 6 heteroatoms. The third-order valence-corrected chi connectivity index (χ3v) is 3.20. The number of nitrogens with one attached hydrogen (secondary N) is 2. The van der Waals surface area contributed by atoms with Crippen molar-refractivity contribution in [3.63, 3.8) is 0 Å². The van der Waals surface area contributed by atoms with E-state index in [2.05, 4.69) is 10.6 Å². The van der Waals surface area contributed by atoms with Crippen LogP contribution in [0.1, 0.15) is 25.3 Å². The van der Waals surface area contributed by atoms with Crippen molar-refractivity contribution in [2.75, 3.05) is 11.9 Å². The van der Waals surface area contributed by atoms with Gasteiger partial charge in [-0.1, -0.05) is 24.6 Å². The SMILES string of the molecule is CCC(CCO)NC(=O)C(=O)Nc1ccc(C)cc1Cl. The molecule has 3 N–H and O–H groups in total. The molecule has 2 amide bonds. The Morgan fingerprint density at radius 3 is 2.60 bits per heavy atom. The van der Waals surface area contributed by atoms with E-state index in [0.29, 0.717) is 23.6 Å². The topological polar surface area (TPSA) is 78.4 Å². The Kier molecular flexibility index (Phi) is 6.48. The van der Waals surface area contributed by atoms with Gasteiger partial charge < -0.3 is 15.7 Å². The van der Waals surface area contributed by atoms with Crippen molar-refractivity contribution in [3.05, 3.63) is 28.8 Å². The highest BCUT2D eigenvalue weighted by molar-refractivity contribution is 6.41. The zero-order chi connectivity index (χ0) is 15.1. The average molecular weight is 299 g/mol. The van der Waals surface area contributed by atoms with Crippen LogP contribution in [0.4, 0.5) is 5.69 Å². The van der Waals surface area contributed by atoms with E-state index in [1.165, 1.54) is 0 Å². The molecule has 0 aliphatic rings. The van der Waals surface area contributed by atoms with Crippen LogP contribution in [-0.2, 0) is 9.59 Å². The van der Waals surface area contributed by atoms with Crippen molar-refractivity contribution < 1.29 is 14.7 Å². The van der Waals surface area contributed by atoms with Crippen LogP contribution in [0.3, 0.4) is 0 Å². The third kappa shape index (κ3) is 4.83. The van der Waals surface area contributed by atoms with Gasteiger partial charge in [0.05, 0.1) is 10.7 Å². The van der Waals surface area contributed by atoms with Crippen LogP contribution in [0.25, 0.3) is 0 Å². The van der Waals surface area contributed by atoms with E-state index in [1.54, 1.807) is 18.2 Å². The highest BCUT2D eigenvalue weighted by Crippen LogP contribution is 2.22. The molecule has 1 rings (SSSR count). The van der Waals surface area contributed by atoms with Gasteiger partial charge in [0.25, 0.3) is 0 Å². The molecule has 5 nitrogen and oxygen atoms in total. The van der Waals surface area contributed by atoms with Gasteiger partial charge in [-0.3, -0.25) is 9.59 Å². The van der Waals surface area contributed by atoms with Gasteiger partial charge in [0.1, 0.15) is 0 Å². The highest BCUT2D eigenvalue weighted by atomic mass is 35.5. The van der Waals surface area contributed by atoms with Gasteiger partial charge in [-0.25, -0.2) is 0 Å². The van der Waals surface area contributed by atoms with Gasteiger partial charge in [0.2, 0.25) is 0 Å². The summed E-state index contributed by atoms with van der Waals surface area (Å²) in [5.74, 6) is -1.51. The van der Waals surface area contributed by atoms with Gasteiger partial charge in [-0.05, 0) is 37.5 Å². The number of hydrogen-bond donors (Lipinski definition) is 3. The number of hydrogen-bond acceptors (Lipinski definition) is 3. The molecule has 1 aromatic carbocycles. The van der Waals surface area contributed by atoms with Crippen molar-refractivity contribution in [1.82, 2.24) is 5.32 Å². The molecule has 1 atom stereocenters. The quantitative estimate of drug-likeness (QED) is 0.726. The number of rotatable bonds is 5. The smallest absolute Gasteiger partial charge is 0.313 e. The first-order valence-corrected chi connectivity index (χ1v) is 6.84. The summed E-state index contributed by atoms with van der Waals surface area (Å²) >= 11 is 5.98. The molecule has 0 spiro atoms. The van der Waals surface area contributed by atoms with Crippen LogP contribution in [-0.4, -0.2) is 29.6 Å². The molecule has 0 saturated heterocycles. The molecule has 0 radical (unpaired) electrons. The fourth-order valence-corrected chi connectivity index (χ4v) is 1.97. The Labute approximate surface area is 123 Å². The molecular formula is C14H19ClN2O3. The molecule has 1 aromatic rings. The van der Waals surface area contributed by atoms with Crippen LogP contribution in [0.5, 0.6) is 0 Å². The van der Waals surface area contributed by atoms with Crippen molar-refractivity contribution in [1.29, 1.82) is 0 Å². The summed E-state index contributed by atoms with van der Waals surface area (Å²) < 4.78 is 0. The number of carbonyl (C=O) groups excluding carboxylic acids is 2. The first-order valence-electron chi connectivity index (χ1n) is 6.46. The Bertz CT molecular complexity index is 491. The number of aliphatic hydroxyl groups is 1. The van der Waals surface area contributed by atoms with Gasteiger partial charge in [-0.2, -0.15) is 0 Å². The summed E-state index contributed by atoms with van der Waals surface area (Å²) in [4.78, 5) is 23.5. The largest absolute Gasteiger partial charge is 0.396 e. The second-order valence-electron chi connectivity index (χ2n) is 4.53. The summed E-state index contributed by atoms with van der Waals surface area (Å²) in [6.07, 6.45) is 1.06. The standard InChI is InChI=1S/C14H19ClN2O3/c1-3-10(6-7-18)16-13(19)14(20)17-12-5-4-9(2)8-11(12)15/h4-5,8,10,18H,3,6-7H2,1-2H3,(H,16,19)(H,17,20). The molecule has 1 unspecified atom stereocenters. The molecular weight excluding hydrogens is 280 g/mol. The predicted molar refractivity (Wildman–Crippen MR) is 78.7 cm³/mol. The molecule has 20 heavy (non-hydrogen) atoms. The molecule has 0 bridgehead atoms. The molecule has 0 saturated carbocycles. The van der Waals surface area contributed by atoms with Gasteiger partial charge >= 0.3 is 11.8 Å². The lowest BCUT2D eigenvalue weighted by atomic mass is 10.1. The van der Waals surface area contributed by atoms with Crippen molar-refractivity contribution in [3.8, 4) is 0 Å². The third-order valence-electron chi connectivity index (χ3n) is 2.88. The molecule has 0 fully saturated rings. The summed E-state index contributed by atoms with van der Waals surface area (Å²) in [5.41, 5.74) is 1.36. The number of carbonyl (C=O) groups is 2. The number of aryl methyl sites for hydroxylation is 1. The highest BCUT2D eigenvalue weighted by Gasteiger charge is 2.18. The van der Waals surface area contributed by atoms with Gasteiger partial charge in [0.15, 0.2) is 0 Å². The molecule has 0 aromatic heterocycles. The Balaban J connectivity index is 2.63. The number of halogens is 1. The monoisotopic (exact) mass is 298 g/mol. The number of amides is 2. The minimum Gasteiger partial charge on any atom is -0.396 e. The Hall–Kier alpha value is -1.59.